The normalized spacial score (nSPS) is 12.8. The highest BCUT2D eigenvalue weighted by Crippen LogP contribution is 2.32. The Morgan fingerprint density at radius 2 is 1.75 bits per heavy atom. The molecule has 24 heavy (non-hydrogen) atoms. The van der Waals surface area contributed by atoms with E-state index < -0.39 is 11.5 Å². The zero-order valence-electron chi connectivity index (χ0n) is 12.6. The molecule has 1 aromatic heterocycles. The first kappa shape index (κ1) is 14.3. The van der Waals surface area contributed by atoms with E-state index in [0.717, 1.165) is 0 Å². The van der Waals surface area contributed by atoms with Gasteiger partial charge in [0.15, 0.2) is 17.3 Å². The maximum absolute atomic E-state index is 12.4. The monoisotopic (exact) mass is 323 g/mol. The summed E-state index contributed by atoms with van der Waals surface area (Å²) in [6, 6.07) is 13.6. The second-order valence-electron chi connectivity index (χ2n) is 5.30. The molecule has 0 radical (unpaired) electrons. The largest absolute Gasteiger partial charge is 0.486 e. The molecule has 0 unspecified atom stereocenters. The molecule has 1 N–H and O–H groups in total. The number of hydrogen-bond acceptors (Lipinski definition) is 5. The SMILES string of the molecule is O=C(Nc1ccc2c(c1)OCCO2)c1cc2ccccc2c(=O)o1. The molecule has 1 amide bonds. The van der Waals surface area contributed by atoms with E-state index in [1.54, 1.807) is 48.5 Å². The van der Waals surface area contributed by atoms with Gasteiger partial charge in [0.1, 0.15) is 13.2 Å². The van der Waals surface area contributed by atoms with E-state index in [2.05, 4.69) is 5.32 Å². The Hall–Kier alpha value is -3.28. The number of amides is 1. The highest BCUT2D eigenvalue weighted by molar-refractivity contribution is 6.04. The van der Waals surface area contributed by atoms with E-state index in [0.29, 0.717) is 41.2 Å². The third-order valence-corrected chi connectivity index (χ3v) is 3.69. The van der Waals surface area contributed by atoms with E-state index in [1.165, 1.54) is 0 Å². The van der Waals surface area contributed by atoms with Crippen LogP contribution in [0.15, 0.2) is 57.7 Å². The Labute approximate surface area is 136 Å². The van der Waals surface area contributed by atoms with Gasteiger partial charge in [-0.1, -0.05) is 18.2 Å². The molecule has 2 aromatic carbocycles. The van der Waals surface area contributed by atoms with Gasteiger partial charge < -0.3 is 19.2 Å². The number of nitrogens with one attached hydrogen (secondary N) is 1. The van der Waals surface area contributed by atoms with Gasteiger partial charge in [0.25, 0.3) is 5.91 Å². The van der Waals surface area contributed by atoms with Gasteiger partial charge in [-0.25, -0.2) is 4.79 Å². The molecule has 0 bridgehead atoms. The van der Waals surface area contributed by atoms with Gasteiger partial charge in [-0.3, -0.25) is 4.79 Å². The first-order chi connectivity index (χ1) is 11.7. The average molecular weight is 323 g/mol. The van der Waals surface area contributed by atoms with Crippen molar-refractivity contribution >= 4 is 22.4 Å². The smallest absolute Gasteiger partial charge is 0.344 e. The molecule has 0 saturated heterocycles. The van der Waals surface area contributed by atoms with Gasteiger partial charge in [0.05, 0.1) is 5.39 Å². The van der Waals surface area contributed by atoms with Gasteiger partial charge in [-0.2, -0.15) is 0 Å². The first-order valence-electron chi connectivity index (χ1n) is 7.44. The number of benzene rings is 2. The Morgan fingerprint density at radius 3 is 2.62 bits per heavy atom. The van der Waals surface area contributed by atoms with Crippen molar-refractivity contribution < 1.29 is 18.7 Å². The summed E-state index contributed by atoms with van der Waals surface area (Å²) in [5.41, 5.74) is -0.0134. The van der Waals surface area contributed by atoms with Gasteiger partial charge in [-0.05, 0) is 29.7 Å². The average Bonchev–Trinajstić information content (AvgIpc) is 2.61. The minimum Gasteiger partial charge on any atom is -0.486 e. The van der Waals surface area contributed by atoms with Crippen LogP contribution in [0.5, 0.6) is 11.5 Å². The van der Waals surface area contributed by atoms with E-state index in [4.69, 9.17) is 13.9 Å². The Morgan fingerprint density at radius 1 is 0.958 bits per heavy atom. The molecular formula is C18H13NO5. The highest BCUT2D eigenvalue weighted by Gasteiger charge is 2.15. The number of hydrogen-bond donors (Lipinski definition) is 1. The van der Waals surface area contributed by atoms with Crippen molar-refractivity contribution in [1.82, 2.24) is 0 Å². The summed E-state index contributed by atoms with van der Waals surface area (Å²) in [6.45, 7) is 0.963. The molecule has 0 atom stereocenters. The summed E-state index contributed by atoms with van der Waals surface area (Å²) in [7, 11) is 0. The third-order valence-electron chi connectivity index (χ3n) is 3.69. The quantitative estimate of drug-likeness (QED) is 0.784. The van der Waals surface area contributed by atoms with Crippen LogP contribution in [-0.2, 0) is 0 Å². The summed E-state index contributed by atoms with van der Waals surface area (Å²) >= 11 is 0. The summed E-state index contributed by atoms with van der Waals surface area (Å²) in [4.78, 5) is 24.3. The molecule has 2 heterocycles. The number of rotatable bonds is 2. The summed E-state index contributed by atoms with van der Waals surface area (Å²) in [5.74, 6) is 0.652. The van der Waals surface area contributed by atoms with Crippen LogP contribution < -0.4 is 20.4 Å². The van der Waals surface area contributed by atoms with Crippen molar-refractivity contribution in [2.24, 2.45) is 0 Å². The lowest BCUT2D eigenvalue weighted by Crippen LogP contribution is -2.17. The zero-order valence-corrected chi connectivity index (χ0v) is 12.6. The number of ether oxygens (including phenoxy) is 2. The van der Waals surface area contributed by atoms with Gasteiger partial charge in [0.2, 0.25) is 0 Å². The molecule has 0 aliphatic carbocycles. The van der Waals surface area contributed by atoms with E-state index >= 15 is 0 Å². The van der Waals surface area contributed by atoms with Crippen molar-refractivity contribution in [3.63, 3.8) is 0 Å². The Kier molecular flexibility index (Phi) is 3.42. The predicted octanol–water partition coefficient (Wildman–Crippen LogP) is 2.82. The lowest BCUT2D eigenvalue weighted by atomic mass is 10.1. The fourth-order valence-electron chi connectivity index (χ4n) is 2.56. The van der Waals surface area contributed by atoms with Crippen LogP contribution in [0, 0.1) is 0 Å². The van der Waals surface area contributed by atoms with Crippen LogP contribution in [0.1, 0.15) is 10.6 Å². The topological polar surface area (TPSA) is 77.8 Å². The number of carbonyl (C=O) groups is 1. The van der Waals surface area contributed by atoms with Crippen molar-refractivity contribution in [3.05, 3.63) is 64.7 Å². The molecule has 120 valence electrons. The molecule has 0 spiro atoms. The minimum atomic E-state index is -0.541. The van der Waals surface area contributed by atoms with Crippen LogP contribution in [-0.4, -0.2) is 19.1 Å². The molecule has 0 saturated carbocycles. The second-order valence-corrected chi connectivity index (χ2v) is 5.30. The lowest BCUT2D eigenvalue weighted by molar-refractivity contribution is 0.0993. The second kappa shape index (κ2) is 5.73. The van der Waals surface area contributed by atoms with Crippen molar-refractivity contribution in [1.29, 1.82) is 0 Å². The van der Waals surface area contributed by atoms with Crippen LogP contribution >= 0.6 is 0 Å². The molecule has 1 aliphatic rings. The van der Waals surface area contributed by atoms with Crippen LogP contribution in [0.3, 0.4) is 0 Å². The van der Waals surface area contributed by atoms with Crippen LogP contribution in [0.2, 0.25) is 0 Å². The number of anilines is 1. The third kappa shape index (κ3) is 2.58. The Balaban J connectivity index is 1.63. The van der Waals surface area contributed by atoms with E-state index in [-0.39, 0.29) is 5.76 Å². The maximum Gasteiger partial charge on any atom is 0.344 e. The van der Waals surface area contributed by atoms with Gasteiger partial charge in [0, 0.05) is 11.8 Å². The standard InChI is InChI=1S/C18H13NO5/c20-17(16-9-11-3-1-2-4-13(11)18(21)24-16)19-12-5-6-14-15(10-12)23-8-7-22-14/h1-6,9-10H,7-8H2,(H,19,20). The maximum atomic E-state index is 12.4. The minimum absolute atomic E-state index is 0.0476. The van der Waals surface area contributed by atoms with E-state index in [1.807, 2.05) is 0 Å². The van der Waals surface area contributed by atoms with Crippen molar-refractivity contribution in [3.8, 4) is 11.5 Å². The van der Waals surface area contributed by atoms with Gasteiger partial charge >= 0.3 is 5.63 Å². The van der Waals surface area contributed by atoms with Crippen LogP contribution in [0.4, 0.5) is 5.69 Å². The molecular weight excluding hydrogens is 310 g/mol. The fraction of sp³-hybridized carbons (Fsp3) is 0.111. The summed E-state index contributed by atoms with van der Waals surface area (Å²) in [6.07, 6.45) is 0. The number of fused-ring (bicyclic) bond motifs is 2. The fourth-order valence-corrected chi connectivity index (χ4v) is 2.56. The molecule has 4 rings (SSSR count). The summed E-state index contributed by atoms with van der Waals surface area (Å²) in [5, 5.41) is 3.79. The number of carbonyl (C=O) groups excluding carboxylic acids is 1. The predicted molar refractivity (Wildman–Crippen MR) is 87.9 cm³/mol. The van der Waals surface area contributed by atoms with E-state index in [9.17, 15) is 9.59 Å². The molecule has 1 aliphatic heterocycles. The zero-order chi connectivity index (χ0) is 16.5. The van der Waals surface area contributed by atoms with Crippen LogP contribution in [0.25, 0.3) is 10.8 Å². The lowest BCUT2D eigenvalue weighted by Gasteiger charge is -2.18. The van der Waals surface area contributed by atoms with Crippen molar-refractivity contribution in [2.45, 2.75) is 0 Å². The summed E-state index contributed by atoms with van der Waals surface area (Å²) < 4.78 is 16.0. The Bertz CT molecular complexity index is 992. The molecule has 6 nitrogen and oxygen atoms in total. The van der Waals surface area contributed by atoms with Crippen molar-refractivity contribution in [2.75, 3.05) is 18.5 Å². The first-order valence-corrected chi connectivity index (χ1v) is 7.44. The highest BCUT2D eigenvalue weighted by atomic mass is 16.6. The molecule has 6 heteroatoms. The molecule has 0 fully saturated rings. The molecule has 3 aromatic rings. The van der Waals surface area contributed by atoms with Gasteiger partial charge in [-0.15, -0.1) is 0 Å².